The number of anilines is 3. The summed E-state index contributed by atoms with van der Waals surface area (Å²) >= 11 is 0. The largest absolute Gasteiger partial charge is 0.383 e. The van der Waals surface area contributed by atoms with Gasteiger partial charge in [-0.3, -0.25) is 9.69 Å². The highest BCUT2D eigenvalue weighted by Crippen LogP contribution is 2.25. The number of aryl methyl sites for hydroxylation is 2. The van der Waals surface area contributed by atoms with Crippen molar-refractivity contribution in [2.24, 2.45) is 0 Å². The second-order valence-electron chi connectivity index (χ2n) is 8.57. The molecule has 0 unspecified atom stereocenters. The third-order valence-corrected chi connectivity index (χ3v) is 5.88. The number of rotatable bonds is 5. The maximum absolute atomic E-state index is 11.6. The standard InChI is InChI=1S/C24H28N8O/c1-14-10-15(2)27-23-21(14)22(26)30-24(31-23)29-19-6-8-32(9-7-19)13-18-5-4-17(12-25)11-20(18)28-16(3)33/h4-5,10-11,19H,6-9,13H2,1-3H3,(H,28,33)(H3,26,27,29,30,31). The number of nitriles is 1. The number of aromatic nitrogens is 3. The molecule has 3 aromatic rings. The number of nitrogens with two attached hydrogens (primary N) is 1. The van der Waals surface area contributed by atoms with E-state index in [1.807, 2.05) is 26.0 Å². The number of fused-ring (bicyclic) bond motifs is 1. The van der Waals surface area contributed by atoms with Crippen LogP contribution in [0, 0.1) is 25.2 Å². The molecule has 9 nitrogen and oxygen atoms in total. The Morgan fingerprint density at radius 3 is 2.67 bits per heavy atom. The van der Waals surface area contributed by atoms with Gasteiger partial charge in [0.1, 0.15) is 5.82 Å². The molecule has 3 heterocycles. The molecule has 0 atom stereocenters. The van der Waals surface area contributed by atoms with E-state index in [1.165, 1.54) is 6.92 Å². The van der Waals surface area contributed by atoms with Crippen LogP contribution in [0.4, 0.5) is 17.5 Å². The molecule has 0 radical (unpaired) electrons. The summed E-state index contributed by atoms with van der Waals surface area (Å²) in [5, 5.41) is 16.2. The summed E-state index contributed by atoms with van der Waals surface area (Å²) in [6.07, 6.45) is 1.85. The highest BCUT2D eigenvalue weighted by atomic mass is 16.1. The Hall–Kier alpha value is -3.77. The summed E-state index contributed by atoms with van der Waals surface area (Å²) in [5.41, 5.74) is 11.0. The highest BCUT2D eigenvalue weighted by Gasteiger charge is 2.21. The van der Waals surface area contributed by atoms with Gasteiger partial charge in [-0.2, -0.15) is 15.2 Å². The van der Waals surface area contributed by atoms with Crippen molar-refractivity contribution in [2.75, 3.05) is 29.5 Å². The maximum Gasteiger partial charge on any atom is 0.226 e. The molecule has 4 N–H and O–H groups in total. The normalized spacial score (nSPS) is 14.7. The predicted octanol–water partition coefficient (Wildman–Crippen LogP) is 3.13. The van der Waals surface area contributed by atoms with Crippen LogP contribution in [0.25, 0.3) is 11.0 Å². The molecule has 0 bridgehead atoms. The van der Waals surface area contributed by atoms with Crippen LogP contribution < -0.4 is 16.4 Å². The lowest BCUT2D eigenvalue weighted by Crippen LogP contribution is -2.39. The minimum Gasteiger partial charge on any atom is -0.383 e. The first kappa shape index (κ1) is 22.4. The topological polar surface area (TPSA) is 133 Å². The van der Waals surface area contributed by atoms with Crippen LogP contribution >= 0.6 is 0 Å². The lowest BCUT2D eigenvalue weighted by Gasteiger charge is -2.32. The van der Waals surface area contributed by atoms with E-state index in [9.17, 15) is 4.79 Å². The smallest absolute Gasteiger partial charge is 0.226 e. The molecule has 9 heteroatoms. The molecule has 0 saturated carbocycles. The number of nitrogen functional groups attached to an aromatic ring is 1. The average molecular weight is 445 g/mol. The van der Waals surface area contributed by atoms with Crippen molar-refractivity contribution in [3.8, 4) is 6.07 Å². The zero-order valence-corrected chi connectivity index (χ0v) is 19.1. The number of likely N-dealkylation sites (tertiary alicyclic amines) is 1. The average Bonchev–Trinajstić information content (AvgIpc) is 2.75. The van der Waals surface area contributed by atoms with Crippen molar-refractivity contribution in [3.63, 3.8) is 0 Å². The summed E-state index contributed by atoms with van der Waals surface area (Å²) in [7, 11) is 0. The molecule has 0 spiro atoms. The molecule has 1 aliphatic heterocycles. The molecule has 170 valence electrons. The SMILES string of the molecule is CC(=O)Nc1cc(C#N)ccc1CN1CCC(Nc2nc(N)c3c(C)cc(C)nc3n2)CC1. The number of benzene rings is 1. The Morgan fingerprint density at radius 2 is 1.97 bits per heavy atom. The lowest BCUT2D eigenvalue weighted by atomic mass is 10.0. The van der Waals surface area contributed by atoms with Gasteiger partial charge < -0.3 is 16.4 Å². The van der Waals surface area contributed by atoms with E-state index in [0.29, 0.717) is 35.2 Å². The second-order valence-corrected chi connectivity index (χ2v) is 8.57. The van der Waals surface area contributed by atoms with E-state index in [0.717, 1.165) is 48.1 Å². The van der Waals surface area contributed by atoms with Gasteiger partial charge >= 0.3 is 0 Å². The fourth-order valence-electron chi connectivity index (χ4n) is 4.32. The van der Waals surface area contributed by atoms with E-state index < -0.39 is 0 Å². The zero-order valence-electron chi connectivity index (χ0n) is 19.1. The van der Waals surface area contributed by atoms with Crippen molar-refractivity contribution >= 4 is 34.4 Å². The maximum atomic E-state index is 11.6. The quantitative estimate of drug-likeness (QED) is 0.547. The number of pyridine rings is 1. The van der Waals surface area contributed by atoms with Crippen LogP contribution in [-0.2, 0) is 11.3 Å². The van der Waals surface area contributed by atoms with Gasteiger partial charge in [0.15, 0.2) is 5.65 Å². The number of nitrogens with one attached hydrogen (secondary N) is 2. The number of piperidine rings is 1. The van der Waals surface area contributed by atoms with Crippen LogP contribution in [0.3, 0.4) is 0 Å². The van der Waals surface area contributed by atoms with Gasteiger partial charge in [0.05, 0.1) is 17.0 Å². The molecule has 1 aliphatic rings. The van der Waals surface area contributed by atoms with Gasteiger partial charge in [-0.1, -0.05) is 6.07 Å². The first-order chi connectivity index (χ1) is 15.8. The lowest BCUT2D eigenvalue weighted by molar-refractivity contribution is -0.114. The first-order valence-electron chi connectivity index (χ1n) is 11.0. The Kier molecular flexibility index (Phi) is 6.38. The first-order valence-corrected chi connectivity index (χ1v) is 11.0. The van der Waals surface area contributed by atoms with Gasteiger partial charge in [0, 0.05) is 44.0 Å². The van der Waals surface area contributed by atoms with E-state index in [1.54, 1.807) is 12.1 Å². The van der Waals surface area contributed by atoms with E-state index in [2.05, 4.69) is 36.6 Å². The summed E-state index contributed by atoms with van der Waals surface area (Å²) in [4.78, 5) is 27.5. The van der Waals surface area contributed by atoms with E-state index in [-0.39, 0.29) is 11.9 Å². The Labute approximate surface area is 193 Å². The van der Waals surface area contributed by atoms with E-state index in [4.69, 9.17) is 11.0 Å². The fraction of sp³-hybridized carbons (Fsp3) is 0.375. The zero-order chi connectivity index (χ0) is 23.5. The van der Waals surface area contributed by atoms with Crippen molar-refractivity contribution in [1.82, 2.24) is 19.9 Å². The van der Waals surface area contributed by atoms with Crippen LogP contribution in [0.5, 0.6) is 0 Å². The van der Waals surface area contributed by atoms with Crippen LogP contribution in [0.1, 0.15) is 42.1 Å². The van der Waals surface area contributed by atoms with Crippen LogP contribution in [-0.4, -0.2) is 44.9 Å². The van der Waals surface area contributed by atoms with Gasteiger partial charge in [-0.05, 0) is 56.0 Å². The van der Waals surface area contributed by atoms with Crippen molar-refractivity contribution in [1.29, 1.82) is 5.26 Å². The third-order valence-electron chi connectivity index (χ3n) is 5.88. The number of hydrogen-bond acceptors (Lipinski definition) is 8. The minimum absolute atomic E-state index is 0.149. The molecule has 1 aromatic carbocycles. The van der Waals surface area contributed by atoms with Gasteiger partial charge in [-0.15, -0.1) is 0 Å². The summed E-state index contributed by atoms with van der Waals surface area (Å²) < 4.78 is 0. The Morgan fingerprint density at radius 1 is 1.21 bits per heavy atom. The molecule has 2 aromatic heterocycles. The number of carbonyl (C=O) groups is 1. The van der Waals surface area contributed by atoms with Gasteiger partial charge in [0.2, 0.25) is 11.9 Å². The molecular weight excluding hydrogens is 416 g/mol. The predicted molar refractivity (Wildman–Crippen MR) is 129 cm³/mol. The third kappa shape index (κ3) is 5.18. The molecule has 1 amide bonds. The highest BCUT2D eigenvalue weighted by molar-refractivity contribution is 5.90. The van der Waals surface area contributed by atoms with Crippen LogP contribution in [0.2, 0.25) is 0 Å². The summed E-state index contributed by atoms with van der Waals surface area (Å²) in [5.74, 6) is 0.802. The van der Waals surface area contributed by atoms with Crippen molar-refractivity contribution < 1.29 is 4.79 Å². The number of hydrogen-bond donors (Lipinski definition) is 3. The van der Waals surface area contributed by atoms with Crippen molar-refractivity contribution in [2.45, 2.75) is 46.2 Å². The summed E-state index contributed by atoms with van der Waals surface area (Å²) in [6.45, 7) is 7.88. The summed E-state index contributed by atoms with van der Waals surface area (Å²) in [6, 6.07) is 9.77. The molecule has 33 heavy (non-hydrogen) atoms. The van der Waals surface area contributed by atoms with Crippen molar-refractivity contribution in [3.05, 3.63) is 46.6 Å². The fourth-order valence-corrected chi connectivity index (χ4v) is 4.32. The molecule has 4 rings (SSSR count). The Bertz CT molecular complexity index is 1240. The Balaban J connectivity index is 1.41. The second kappa shape index (κ2) is 9.38. The van der Waals surface area contributed by atoms with E-state index >= 15 is 0 Å². The van der Waals surface area contributed by atoms with Crippen LogP contribution in [0.15, 0.2) is 24.3 Å². The molecule has 0 aliphatic carbocycles. The molecule has 1 fully saturated rings. The number of nitrogens with zero attached hydrogens (tertiary/aromatic N) is 5. The minimum atomic E-state index is -0.149. The number of amides is 1. The molecular formula is C24H28N8O. The van der Waals surface area contributed by atoms with Gasteiger partial charge in [-0.25, -0.2) is 4.98 Å². The monoisotopic (exact) mass is 444 g/mol. The molecule has 1 saturated heterocycles. The number of carbonyl (C=O) groups excluding carboxylic acids is 1. The van der Waals surface area contributed by atoms with Gasteiger partial charge in [0.25, 0.3) is 0 Å².